The van der Waals surface area contributed by atoms with E-state index in [2.05, 4.69) is 10.5 Å². The van der Waals surface area contributed by atoms with Gasteiger partial charge < -0.3 is 9.47 Å². The maximum atomic E-state index is 13.5. The second kappa shape index (κ2) is 12.1. The van der Waals surface area contributed by atoms with Crippen LogP contribution in [0.5, 0.6) is 11.5 Å². The van der Waals surface area contributed by atoms with Crippen LogP contribution in [-0.4, -0.2) is 52.2 Å². The third-order valence-corrected chi connectivity index (χ3v) is 6.90. The van der Waals surface area contributed by atoms with Gasteiger partial charge >= 0.3 is 0 Å². The number of sulfonamides is 1. The molecule has 0 radical (unpaired) electrons. The fourth-order valence-electron chi connectivity index (χ4n) is 3.27. The third kappa shape index (κ3) is 7.11. The van der Waals surface area contributed by atoms with Crippen LogP contribution in [0.15, 0.2) is 82.8 Å². The van der Waals surface area contributed by atoms with E-state index in [1.807, 2.05) is 30.3 Å². The lowest BCUT2D eigenvalue weighted by atomic mass is 10.1. The van der Waals surface area contributed by atoms with Crippen LogP contribution >= 0.6 is 0 Å². The Morgan fingerprint density at radius 2 is 1.74 bits per heavy atom. The van der Waals surface area contributed by atoms with Gasteiger partial charge in [0, 0.05) is 12.6 Å². The molecule has 0 saturated carbocycles. The molecule has 0 aliphatic heterocycles. The van der Waals surface area contributed by atoms with E-state index >= 15 is 0 Å². The number of hydrogen-bond acceptors (Lipinski definition) is 6. The molecule has 0 fully saturated rings. The van der Waals surface area contributed by atoms with Crippen molar-refractivity contribution in [3.8, 4) is 11.5 Å². The van der Waals surface area contributed by atoms with E-state index in [-0.39, 0.29) is 17.2 Å². The van der Waals surface area contributed by atoms with Crippen LogP contribution in [0.2, 0.25) is 0 Å². The Hall–Kier alpha value is -3.76. The molecular weight excluding hydrogens is 473 g/mol. The zero-order valence-electron chi connectivity index (χ0n) is 19.3. The minimum Gasteiger partial charge on any atom is -0.493 e. The van der Waals surface area contributed by atoms with E-state index in [4.69, 9.17) is 9.47 Å². The zero-order valence-corrected chi connectivity index (χ0v) is 20.2. The Morgan fingerprint density at radius 1 is 1.00 bits per heavy atom. The molecule has 0 saturated heterocycles. The quantitative estimate of drug-likeness (QED) is 0.323. The van der Waals surface area contributed by atoms with Crippen molar-refractivity contribution in [2.75, 3.05) is 27.3 Å². The summed E-state index contributed by atoms with van der Waals surface area (Å²) in [5, 5.41) is 3.81. The van der Waals surface area contributed by atoms with Crippen LogP contribution in [0.4, 0.5) is 4.39 Å². The molecule has 0 aromatic heterocycles. The molecule has 3 aromatic carbocycles. The van der Waals surface area contributed by atoms with Crippen molar-refractivity contribution in [3.05, 3.63) is 89.7 Å². The number of hydrazone groups is 1. The summed E-state index contributed by atoms with van der Waals surface area (Å²) in [7, 11) is -1.21. The predicted octanol–water partition coefficient (Wildman–Crippen LogP) is 3.23. The summed E-state index contributed by atoms with van der Waals surface area (Å²) in [6.45, 7) is -0.411. The fraction of sp³-hybridized carbons (Fsp3) is 0.200. The largest absolute Gasteiger partial charge is 0.493 e. The Morgan fingerprint density at radius 3 is 2.43 bits per heavy atom. The Balaban J connectivity index is 1.80. The summed E-state index contributed by atoms with van der Waals surface area (Å²) in [6, 6.07) is 19.3. The molecule has 10 heteroatoms. The molecule has 8 nitrogen and oxygen atoms in total. The van der Waals surface area contributed by atoms with E-state index in [0.29, 0.717) is 17.7 Å². The van der Waals surface area contributed by atoms with E-state index in [0.717, 1.165) is 9.87 Å². The van der Waals surface area contributed by atoms with Gasteiger partial charge in [0.2, 0.25) is 10.0 Å². The monoisotopic (exact) mass is 499 g/mol. The van der Waals surface area contributed by atoms with Crippen molar-refractivity contribution < 1.29 is 27.1 Å². The number of benzene rings is 3. The smallest absolute Gasteiger partial charge is 0.255 e. The van der Waals surface area contributed by atoms with E-state index in [9.17, 15) is 17.6 Å². The standard InChI is InChI=1S/C25H26FN3O5S/c1-33-23-12-11-22(16-24(23)34-2)35(31,32)29(14-13-19-7-4-3-5-8-19)18-25(30)28-27-17-20-9-6-10-21(26)15-20/h3-12,15-17H,13-14,18H2,1-2H3,(H,28,30)/b27-17-. The molecule has 0 unspecified atom stereocenters. The van der Waals surface area contributed by atoms with Gasteiger partial charge in [0.1, 0.15) is 5.82 Å². The molecule has 0 aliphatic rings. The highest BCUT2D eigenvalue weighted by Crippen LogP contribution is 2.30. The lowest BCUT2D eigenvalue weighted by molar-refractivity contribution is -0.121. The molecule has 0 aliphatic carbocycles. The van der Waals surface area contributed by atoms with Crippen LogP contribution in [0.25, 0.3) is 0 Å². The summed E-state index contributed by atoms with van der Waals surface area (Å²) in [6.07, 6.45) is 1.67. The van der Waals surface area contributed by atoms with Crippen molar-refractivity contribution in [2.45, 2.75) is 11.3 Å². The van der Waals surface area contributed by atoms with Gasteiger partial charge in [-0.15, -0.1) is 0 Å². The van der Waals surface area contributed by atoms with E-state index < -0.39 is 28.3 Å². The molecule has 0 bridgehead atoms. The first-order chi connectivity index (χ1) is 16.8. The molecule has 184 valence electrons. The van der Waals surface area contributed by atoms with Crippen molar-refractivity contribution >= 4 is 22.1 Å². The minimum absolute atomic E-state index is 0.0423. The van der Waals surface area contributed by atoms with Crippen LogP contribution in [0.1, 0.15) is 11.1 Å². The highest BCUT2D eigenvalue weighted by Gasteiger charge is 2.27. The molecule has 3 rings (SSSR count). The van der Waals surface area contributed by atoms with Gasteiger partial charge in [-0.3, -0.25) is 4.79 Å². The lowest BCUT2D eigenvalue weighted by Crippen LogP contribution is -2.40. The summed E-state index contributed by atoms with van der Waals surface area (Å²) in [5.74, 6) is -0.449. The molecule has 35 heavy (non-hydrogen) atoms. The number of ether oxygens (including phenoxy) is 2. The number of halogens is 1. The summed E-state index contributed by atoms with van der Waals surface area (Å²) in [5.41, 5.74) is 3.67. The Bertz CT molecular complexity index is 1280. The van der Waals surface area contributed by atoms with Crippen LogP contribution in [0, 0.1) is 5.82 Å². The van der Waals surface area contributed by atoms with Gasteiger partial charge in [0.25, 0.3) is 5.91 Å². The van der Waals surface area contributed by atoms with Crippen molar-refractivity contribution in [1.29, 1.82) is 0 Å². The highest BCUT2D eigenvalue weighted by atomic mass is 32.2. The number of carbonyl (C=O) groups excluding carboxylic acids is 1. The number of nitrogens with zero attached hydrogens (tertiary/aromatic N) is 2. The normalized spacial score (nSPS) is 11.5. The second-order valence-corrected chi connectivity index (χ2v) is 9.38. The van der Waals surface area contributed by atoms with E-state index in [1.165, 1.54) is 56.8 Å². The highest BCUT2D eigenvalue weighted by molar-refractivity contribution is 7.89. The van der Waals surface area contributed by atoms with Gasteiger partial charge in [-0.2, -0.15) is 9.41 Å². The fourth-order valence-corrected chi connectivity index (χ4v) is 4.68. The average molecular weight is 500 g/mol. The first kappa shape index (κ1) is 25.9. The van der Waals surface area contributed by atoms with Gasteiger partial charge in [0.15, 0.2) is 11.5 Å². The predicted molar refractivity (Wildman–Crippen MR) is 131 cm³/mol. The van der Waals surface area contributed by atoms with Gasteiger partial charge in [-0.1, -0.05) is 42.5 Å². The average Bonchev–Trinajstić information content (AvgIpc) is 2.86. The first-order valence-electron chi connectivity index (χ1n) is 10.7. The van der Waals surface area contributed by atoms with Crippen molar-refractivity contribution in [2.24, 2.45) is 5.10 Å². The summed E-state index contributed by atoms with van der Waals surface area (Å²) < 4.78 is 51.7. The molecule has 1 amide bonds. The number of hydrogen-bond donors (Lipinski definition) is 1. The SMILES string of the molecule is COc1ccc(S(=O)(=O)N(CCc2ccccc2)CC(=O)N/N=C\c2cccc(F)c2)cc1OC. The van der Waals surface area contributed by atoms with E-state index in [1.54, 1.807) is 6.07 Å². The van der Waals surface area contributed by atoms with Crippen LogP contribution < -0.4 is 14.9 Å². The number of amides is 1. The number of nitrogens with one attached hydrogen (secondary N) is 1. The van der Waals surface area contributed by atoms with Crippen molar-refractivity contribution in [1.82, 2.24) is 9.73 Å². The Kier molecular flexibility index (Phi) is 8.93. The molecule has 3 aromatic rings. The van der Waals surface area contributed by atoms with Gasteiger partial charge in [-0.05, 0) is 41.8 Å². The molecule has 0 atom stereocenters. The first-order valence-corrected chi connectivity index (χ1v) is 12.1. The summed E-state index contributed by atoms with van der Waals surface area (Å²) >= 11 is 0. The second-order valence-electron chi connectivity index (χ2n) is 7.44. The maximum absolute atomic E-state index is 13.5. The minimum atomic E-state index is -4.07. The maximum Gasteiger partial charge on any atom is 0.255 e. The Labute approximate surface area is 204 Å². The number of carbonyl (C=O) groups is 1. The van der Waals surface area contributed by atoms with Crippen LogP contribution in [-0.2, 0) is 21.2 Å². The molecule has 1 N–H and O–H groups in total. The molecule has 0 spiro atoms. The van der Waals surface area contributed by atoms with Gasteiger partial charge in [0.05, 0.1) is 31.9 Å². The lowest BCUT2D eigenvalue weighted by Gasteiger charge is -2.22. The summed E-state index contributed by atoms with van der Waals surface area (Å²) in [4.78, 5) is 12.5. The number of rotatable bonds is 11. The molecule has 0 heterocycles. The van der Waals surface area contributed by atoms with Crippen LogP contribution in [0.3, 0.4) is 0 Å². The van der Waals surface area contributed by atoms with Gasteiger partial charge in [-0.25, -0.2) is 18.2 Å². The number of methoxy groups -OCH3 is 2. The third-order valence-electron chi connectivity index (χ3n) is 5.06. The van der Waals surface area contributed by atoms with Crippen molar-refractivity contribution in [3.63, 3.8) is 0 Å². The topological polar surface area (TPSA) is 97.3 Å². The zero-order chi connectivity index (χ0) is 25.3. The molecular formula is C25H26FN3O5S.